The van der Waals surface area contributed by atoms with E-state index in [1.54, 1.807) is 0 Å². The molecule has 0 radical (unpaired) electrons. The highest BCUT2D eigenvalue weighted by Crippen LogP contribution is 2.29. The first-order valence-electron chi connectivity index (χ1n) is 10.9. The van der Waals surface area contributed by atoms with Crippen LogP contribution in [0.5, 0.6) is 0 Å². The largest absolute Gasteiger partial charge is 0.417 e. The fourth-order valence-corrected chi connectivity index (χ4v) is 4.31. The highest BCUT2D eigenvalue weighted by Gasteiger charge is 2.30. The van der Waals surface area contributed by atoms with Crippen LogP contribution >= 0.6 is 0 Å². The summed E-state index contributed by atoms with van der Waals surface area (Å²) in [5.41, 5.74) is 8.00. The number of halogens is 3. The second-order valence-corrected chi connectivity index (χ2v) is 8.40. The Bertz CT molecular complexity index is 821. The third-order valence-corrected chi connectivity index (χ3v) is 5.88. The zero-order valence-corrected chi connectivity index (χ0v) is 17.7. The van der Waals surface area contributed by atoms with Gasteiger partial charge in [-0.15, -0.1) is 0 Å². The van der Waals surface area contributed by atoms with Crippen molar-refractivity contribution in [2.45, 2.75) is 51.1 Å². The third-order valence-electron chi connectivity index (χ3n) is 5.88. The first-order chi connectivity index (χ1) is 14.8. The molecule has 4 nitrogen and oxygen atoms in total. The Hall–Kier alpha value is -2.41. The Morgan fingerprint density at radius 1 is 1.06 bits per heavy atom. The minimum Gasteiger partial charge on any atom is -0.370 e. The molecule has 0 unspecified atom stereocenters. The molecule has 7 heteroatoms. The van der Waals surface area contributed by atoms with E-state index in [2.05, 4.69) is 22.0 Å². The van der Waals surface area contributed by atoms with Gasteiger partial charge in [-0.3, -0.25) is 9.78 Å². The van der Waals surface area contributed by atoms with Gasteiger partial charge in [-0.1, -0.05) is 24.3 Å². The van der Waals surface area contributed by atoms with Crippen LogP contribution in [0.15, 0.2) is 42.6 Å². The van der Waals surface area contributed by atoms with Crippen molar-refractivity contribution in [2.24, 2.45) is 11.7 Å². The molecule has 4 rings (SSSR count). The number of pyridine rings is 1. The van der Waals surface area contributed by atoms with Crippen LogP contribution in [-0.2, 0) is 30.2 Å². The first kappa shape index (κ1) is 23.3. The number of primary amides is 1. The van der Waals surface area contributed by atoms with Crippen LogP contribution in [0.25, 0.3) is 0 Å². The molecule has 2 heterocycles. The number of carbonyl (C=O) groups is 1. The molecule has 2 aromatic rings. The number of aromatic nitrogens is 1. The summed E-state index contributed by atoms with van der Waals surface area (Å²) < 4.78 is 37.0. The van der Waals surface area contributed by atoms with Crippen molar-refractivity contribution in [3.05, 3.63) is 65.0 Å². The summed E-state index contributed by atoms with van der Waals surface area (Å²) in [6.07, 6.45) is 3.41. The van der Waals surface area contributed by atoms with Gasteiger partial charge in [-0.2, -0.15) is 13.2 Å². The lowest BCUT2D eigenvalue weighted by atomic mass is 10.0. The third kappa shape index (κ3) is 7.35. The van der Waals surface area contributed by atoms with Gasteiger partial charge in [0.2, 0.25) is 5.91 Å². The lowest BCUT2D eigenvalue weighted by Gasteiger charge is -2.13. The van der Waals surface area contributed by atoms with Gasteiger partial charge in [0.05, 0.1) is 5.56 Å². The van der Waals surface area contributed by atoms with Gasteiger partial charge in [0.1, 0.15) is 0 Å². The zero-order valence-electron chi connectivity index (χ0n) is 17.7. The van der Waals surface area contributed by atoms with Crippen molar-refractivity contribution < 1.29 is 18.0 Å². The van der Waals surface area contributed by atoms with Gasteiger partial charge >= 0.3 is 6.18 Å². The van der Waals surface area contributed by atoms with Crippen molar-refractivity contribution >= 4 is 5.91 Å². The summed E-state index contributed by atoms with van der Waals surface area (Å²) in [5, 5.41) is 0. The molecule has 0 bridgehead atoms. The Kier molecular flexibility index (Phi) is 8.07. The molecule has 1 saturated heterocycles. The lowest BCUT2D eigenvalue weighted by molar-refractivity contribution is -0.137. The number of alkyl halides is 3. The van der Waals surface area contributed by atoms with Crippen molar-refractivity contribution in [3.8, 4) is 0 Å². The van der Waals surface area contributed by atoms with E-state index in [4.69, 9.17) is 5.73 Å². The number of hydrogen-bond acceptors (Lipinski definition) is 3. The highest BCUT2D eigenvalue weighted by atomic mass is 19.4. The topological polar surface area (TPSA) is 59.2 Å². The van der Waals surface area contributed by atoms with Crippen molar-refractivity contribution in [2.75, 3.05) is 19.6 Å². The van der Waals surface area contributed by atoms with Crippen LogP contribution in [0.2, 0.25) is 0 Å². The number of benzene rings is 1. The lowest BCUT2D eigenvalue weighted by Crippen LogP contribution is -2.20. The van der Waals surface area contributed by atoms with Crippen LogP contribution in [0.4, 0.5) is 13.2 Å². The number of likely N-dealkylation sites (tertiary alicyclic amines) is 1. The van der Waals surface area contributed by atoms with Crippen LogP contribution in [0.3, 0.4) is 0 Å². The molecule has 1 aliphatic heterocycles. The molecule has 0 saturated carbocycles. The molecule has 1 aromatic heterocycles. The summed E-state index contributed by atoms with van der Waals surface area (Å²) in [5.74, 6) is 0.257. The second kappa shape index (κ2) is 10.8. The van der Waals surface area contributed by atoms with E-state index >= 15 is 0 Å². The molecule has 1 amide bonds. The molecule has 168 valence electrons. The van der Waals surface area contributed by atoms with E-state index < -0.39 is 11.7 Å². The van der Waals surface area contributed by atoms with E-state index in [0.29, 0.717) is 12.3 Å². The number of nitrogens with two attached hydrogens (primary N) is 1. The molecule has 2 N–H and O–H groups in total. The normalized spacial score (nSPS) is 16.6. The molecule has 1 aliphatic carbocycles. The number of aryl methyl sites for hydroxylation is 1. The number of fused-ring (bicyclic) bond motifs is 1. The van der Waals surface area contributed by atoms with E-state index in [1.807, 2.05) is 12.1 Å². The van der Waals surface area contributed by atoms with Crippen molar-refractivity contribution in [1.29, 1.82) is 0 Å². The Balaban J connectivity index is 0.000000185. The van der Waals surface area contributed by atoms with Crippen LogP contribution in [0.1, 0.15) is 48.1 Å². The summed E-state index contributed by atoms with van der Waals surface area (Å²) in [7, 11) is 0. The predicted molar refractivity (Wildman–Crippen MR) is 114 cm³/mol. The predicted octanol–water partition coefficient (Wildman–Crippen LogP) is 4.41. The molecule has 0 spiro atoms. The molecular formula is C24H30F3N3O. The number of nitrogens with zero attached hydrogens (tertiary/aromatic N) is 2. The SMILES string of the molecule is FC(F)(F)c1ccc(CCCN2CCCC2)nc1.NC(=O)CC1Cc2ccccc2C1. The first-order valence-corrected chi connectivity index (χ1v) is 10.9. The van der Waals surface area contributed by atoms with Crippen molar-refractivity contribution in [3.63, 3.8) is 0 Å². The fourth-order valence-electron chi connectivity index (χ4n) is 4.31. The van der Waals surface area contributed by atoms with Gasteiger partial charge < -0.3 is 10.6 Å². The molecule has 31 heavy (non-hydrogen) atoms. The van der Waals surface area contributed by atoms with Gasteiger partial charge in [0, 0.05) is 18.3 Å². The standard InChI is InChI=1S/C13H17F3N2.C11H13NO/c14-13(15,16)11-5-6-12(17-10-11)4-3-9-18-7-1-2-8-18;12-11(13)7-8-5-9-3-1-2-4-10(9)6-8/h5-6,10H,1-4,7-9H2;1-4,8H,5-7H2,(H2,12,13). The van der Waals surface area contributed by atoms with Gasteiger partial charge in [0.25, 0.3) is 0 Å². The number of amides is 1. The van der Waals surface area contributed by atoms with E-state index in [-0.39, 0.29) is 5.91 Å². The van der Waals surface area contributed by atoms with E-state index in [9.17, 15) is 18.0 Å². The molecule has 1 fully saturated rings. The second-order valence-electron chi connectivity index (χ2n) is 8.40. The Morgan fingerprint density at radius 2 is 1.71 bits per heavy atom. The summed E-state index contributed by atoms with van der Waals surface area (Å²) in [6, 6.07) is 11.0. The fraction of sp³-hybridized carbons (Fsp3) is 0.500. The van der Waals surface area contributed by atoms with Crippen LogP contribution in [-0.4, -0.2) is 35.4 Å². The molecule has 0 atom stereocenters. The smallest absolute Gasteiger partial charge is 0.370 e. The quantitative estimate of drug-likeness (QED) is 0.734. The van der Waals surface area contributed by atoms with Crippen LogP contribution in [0, 0.1) is 5.92 Å². The monoisotopic (exact) mass is 433 g/mol. The molecule has 1 aromatic carbocycles. The van der Waals surface area contributed by atoms with Gasteiger partial charge in [-0.25, -0.2) is 0 Å². The maximum atomic E-state index is 12.3. The summed E-state index contributed by atoms with van der Waals surface area (Å²) in [6.45, 7) is 3.32. The van der Waals surface area contributed by atoms with Crippen molar-refractivity contribution in [1.82, 2.24) is 9.88 Å². The Morgan fingerprint density at radius 3 is 2.23 bits per heavy atom. The summed E-state index contributed by atoms with van der Waals surface area (Å²) in [4.78, 5) is 17.0. The van der Waals surface area contributed by atoms with Gasteiger partial charge in [0.15, 0.2) is 0 Å². The van der Waals surface area contributed by atoms with Gasteiger partial charge in [-0.05, 0) is 87.3 Å². The maximum absolute atomic E-state index is 12.3. The molecule has 2 aliphatic rings. The van der Waals surface area contributed by atoms with E-state index in [0.717, 1.165) is 63.3 Å². The number of hydrogen-bond donors (Lipinski definition) is 1. The van der Waals surface area contributed by atoms with Crippen LogP contribution < -0.4 is 5.73 Å². The minimum atomic E-state index is -4.29. The average Bonchev–Trinajstić information content (AvgIpc) is 3.37. The minimum absolute atomic E-state index is 0.183. The zero-order chi connectivity index (χ0) is 22.3. The average molecular weight is 434 g/mol. The van der Waals surface area contributed by atoms with E-state index in [1.165, 1.54) is 30.0 Å². The number of rotatable bonds is 6. The Labute approximate surface area is 181 Å². The maximum Gasteiger partial charge on any atom is 0.417 e. The summed E-state index contributed by atoms with van der Waals surface area (Å²) >= 11 is 0. The molecular weight excluding hydrogens is 403 g/mol. The number of carbonyl (C=O) groups excluding carboxylic acids is 1. The highest BCUT2D eigenvalue weighted by molar-refractivity contribution is 5.74.